The van der Waals surface area contributed by atoms with E-state index in [0.29, 0.717) is 11.9 Å². The Kier molecular flexibility index (Phi) is 4.53. The normalized spacial score (nSPS) is 27.0. The van der Waals surface area contributed by atoms with Gasteiger partial charge in [0.1, 0.15) is 0 Å². The summed E-state index contributed by atoms with van der Waals surface area (Å²) in [7, 11) is 0. The largest absolute Gasteiger partial charge is 0.338 e. The Balaban J connectivity index is 1.55. The Morgan fingerprint density at radius 1 is 1.23 bits per heavy atom. The van der Waals surface area contributed by atoms with Gasteiger partial charge in [-0.15, -0.1) is 0 Å². The Labute approximate surface area is 134 Å². The third kappa shape index (κ3) is 2.91. The van der Waals surface area contributed by atoms with Crippen molar-refractivity contribution in [2.45, 2.75) is 45.6 Å². The SMILES string of the molecule is CC[C@@H](C)N1C[C@@]2(CCCN(CCc3ccccc3)C2)C1=O. The number of amides is 1. The first-order chi connectivity index (χ1) is 10.6. The zero-order valence-electron chi connectivity index (χ0n) is 13.9. The molecule has 2 atom stereocenters. The van der Waals surface area contributed by atoms with Crippen LogP contribution in [0.3, 0.4) is 0 Å². The second-order valence-electron chi connectivity index (χ2n) is 7.09. The number of rotatable bonds is 5. The summed E-state index contributed by atoms with van der Waals surface area (Å²) >= 11 is 0. The average molecular weight is 300 g/mol. The van der Waals surface area contributed by atoms with Gasteiger partial charge in [-0.2, -0.15) is 0 Å². The minimum absolute atomic E-state index is 0.0572. The topological polar surface area (TPSA) is 23.6 Å². The van der Waals surface area contributed by atoms with Gasteiger partial charge in [-0.25, -0.2) is 0 Å². The number of β-lactam (4-membered cyclic amide) rings is 1. The van der Waals surface area contributed by atoms with Gasteiger partial charge in [-0.1, -0.05) is 37.3 Å². The number of nitrogens with zero attached hydrogens (tertiary/aromatic N) is 2. The first-order valence-corrected chi connectivity index (χ1v) is 8.72. The van der Waals surface area contributed by atoms with Crippen molar-refractivity contribution < 1.29 is 4.79 Å². The summed E-state index contributed by atoms with van der Waals surface area (Å²) in [5, 5.41) is 0. The molecule has 0 aromatic heterocycles. The molecular formula is C19H28N2O. The van der Waals surface area contributed by atoms with E-state index in [1.807, 2.05) is 0 Å². The van der Waals surface area contributed by atoms with Crippen LogP contribution in [0, 0.1) is 5.41 Å². The molecular weight excluding hydrogens is 272 g/mol. The van der Waals surface area contributed by atoms with Crippen molar-refractivity contribution in [2.75, 3.05) is 26.2 Å². The van der Waals surface area contributed by atoms with Crippen LogP contribution in [0.4, 0.5) is 0 Å². The molecule has 3 nitrogen and oxygen atoms in total. The van der Waals surface area contributed by atoms with E-state index in [2.05, 4.69) is 54.0 Å². The van der Waals surface area contributed by atoms with Crippen molar-refractivity contribution in [3.63, 3.8) is 0 Å². The predicted molar refractivity (Wildman–Crippen MR) is 89.7 cm³/mol. The summed E-state index contributed by atoms with van der Waals surface area (Å²) in [5.74, 6) is 0.409. The highest BCUT2D eigenvalue weighted by molar-refractivity contribution is 5.89. The maximum Gasteiger partial charge on any atom is 0.232 e. The fourth-order valence-electron chi connectivity index (χ4n) is 3.91. The summed E-state index contributed by atoms with van der Waals surface area (Å²) < 4.78 is 0. The third-order valence-electron chi connectivity index (χ3n) is 5.53. The molecule has 0 radical (unpaired) electrons. The van der Waals surface area contributed by atoms with Crippen LogP contribution in [0.15, 0.2) is 30.3 Å². The smallest absolute Gasteiger partial charge is 0.232 e. The van der Waals surface area contributed by atoms with Gasteiger partial charge in [-0.05, 0) is 44.7 Å². The molecule has 0 saturated carbocycles. The van der Waals surface area contributed by atoms with Crippen molar-refractivity contribution >= 4 is 5.91 Å². The van der Waals surface area contributed by atoms with Crippen LogP contribution in [0.2, 0.25) is 0 Å². The lowest BCUT2D eigenvalue weighted by atomic mass is 9.71. The van der Waals surface area contributed by atoms with Crippen LogP contribution in [0.1, 0.15) is 38.7 Å². The lowest BCUT2D eigenvalue weighted by Gasteiger charge is -2.55. The summed E-state index contributed by atoms with van der Waals surface area (Å²) in [6.45, 7) is 8.48. The van der Waals surface area contributed by atoms with Crippen LogP contribution < -0.4 is 0 Å². The fraction of sp³-hybridized carbons (Fsp3) is 0.632. The molecule has 3 rings (SSSR count). The van der Waals surface area contributed by atoms with Gasteiger partial charge < -0.3 is 9.80 Å². The third-order valence-corrected chi connectivity index (χ3v) is 5.53. The molecule has 1 amide bonds. The highest BCUT2D eigenvalue weighted by atomic mass is 16.2. The monoisotopic (exact) mass is 300 g/mol. The van der Waals surface area contributed by atoms with E-state index in [-0.39, 0.29) is 5.41 Å². The first-order valence-electron chi connectivity index (χ1n) is 8.72. The summed E-state index contributed by atoms with van der Waals surface area (Å²) in [5.41, 5.74) is 1.33. The Morgan fingerprint density at radius 3 is 2.68 bits per heavy atom. The van der Waals surface area contributed by atoms with Crippen molar-refractivity contribution in [3.05, 3.63) is 35.9 Å². The molecule has 3 heteroatoms. The highest BCUT2D eigenvalue weighted by Gasteiger charge is 2.54. The molecule has 1 aromatic carbocycles. The van der Waals surface area contributed by atoms with Gasteiger partial charge in [0.05, 0.1) is 5.41 Å². The lowest BCUT2D eigenvalue weighted by molar-refractivity contribution is -0.170. The number of benzene rings is 1. The lowest BCUT2D eigenvalue weighted by Crippen LogP contribution is -2.68. The minimum Gasteiger partial charge on any atom is -0.338 e. The van der Waals surface area contributed by atoms with Gasteiger partial charge in [-0.3, -0.25) is 4.79 Å². The molecule has 2 fully saturated rings. The second kappa shape index (κ2) is 6.41. The van der Waals surface area contributed by atoms with Gasteiger partial charge in [0.2, 0.25) is 5.91 Å². The van der Waals surface area contributed by atoms with Crippen LogP contribution >= 0.6 is 0 Å². The fourth-order valence-corrected chi connectivity index (χ4v) is 3.91. The molecule has 0 bridgehead atoms. The number of likely N-dealkylation sites (tertiary alicyclic amines) is 2. The molecule has 0 N–H and O–H groups in total. The number of hydrogen-bond donors (Lipinski definition) is 0. The first kappa shape index (κ1) is 15.5. The van der Waals surface area contributed by atoms with Crippen LogP contribution in [0.5, 0.6) is 0 Å². The summed E-state index contributed by atoms with van der Waals surface area (Å²) in [4.78, 5) is 17.2. The Bertz CT molecular complexity index is 515. The number of carbonyl (C=O) groups is 1. The van der Waals surface area contributed by atoms with Crippen molar-refractivity contribution in [1.29, 1.82) is 0 Å². The van der Waals surface area contributed by atoms with Crippen LogP contribution in [-0.4, -0.2) is 47.9 Å². The Hall–Kier alpha value is -1.35. The molecule has 0 aliphatic carbocycles. The highest BCUT2D eigenvalue weighted by Crippen LogP contribution is 2.41. The quantitative estimate of drug-likeness (QED) is 0.781. The molecule has 2 heterocycles. The van der Waals surface area contributed by atoms with Crippen molar-refractivity contribution in [3.8, 4) is 0 Å². The molecule has 1 aromatic rings. The summed E-state index contributed by atoms with van der Waals surface area (Å²) in [6.07, 6.45) is 4.38. The van der Waals surface area contributed by atoms with E-state index in [1.54, 1.807) is 0 Å². The van der Waals surface area contributed by atoms with Crippen molar-refractivity contribution in [1.82, 2.24) is 9.80 Å². The standard InChI is InChI=1S/C19H28N2O/c1-3-16(2)21-15-19(18(21)22)11-7-12-20(14-19)13-10-17-8-5-4-6-9-17/h4-6,8-9,16H,3,7,10-15H2,1-2H3/t16-,19+/m1/s1. The number of carbonyl (C=O) groups excluding carboxylic acids is 1. The number of hydrogen-bond acceptors (Lipinski definition) is 2. The zero-order chi connectivity index (χ0) is 15.6. The zero-order valence-corrected chi connectivity index (χ0v) is 13.9. The second-order valence-corrected chi connectivity index (χ2v) is 7.09. The average Bonchev–Trinajstić information content (AvgIpc) is 2.58. The maximum absolute atomic E-state index is 12.7. The van der Waals surface area contributed by atoms with E-state index in [1.165, 1.54) is 5.56 Å². The van der Waals surface area contributed by atoms with Crippen LogP contribution in [-0.2, 0) is 11.2 Å². The van der Waals surface area contributed by atoms with E-state index in [4.69, 9.17) is 0 Å². The van der Waals surface area contributed by atoms with Gasteiger partial charge >= 0.3 is 0 Å². The molecule has 2 saturated heterocycles. The van der Waals surface area contributed by atoms with E-state index in [0.717, 1.165) is 51.9 Å². The van der Waals surface area contributed by atoms with Gasteiger partial charge in [0.15, 0.2) is 0 Å². The molecule has 2 aliphatic rings. The molecule has 0 unspecified atom stereocenters. The van der Waals surface area contributed by atoms with E-state index in [9.17, 15) is 4.79 Å². The van der Waals surface area contributed by atoms with E-state index < -0.39 is 0 Å². The molecule has 120 valence electrons. The Morgan fingerprint density at radius 2 is 2.00 bits per heavy atom. The summed E-state index contributed by atoms with van der Waals surface area (Å²) in [6, 6.07) is 11.1. The van der Waals surface area contributed by atoms with Gasteiger partial charge in [0, 0.05) is 25.7 Å². The van der Waals surface area contributed by atoms with Crippen LogP contribution in [0.25, 0.3) is 0 Å². The molecule has 22 heavy (non-hydrogen) atoms. The van der Waals surface area contributed by atoms with E-state index >= 15 is 0 Å². The predicted octanol–water partition coefficient (Wildman–Crippen LogP) is 2.95. The minimum atomic E-state index is -0.0572. The molecule has 1 spiro atoms. The van der Waals surface area contributed by atoms with Gasteiger partial charge in [0.25, 0.3) is 0 Å². The maximum atomic E-state index is 12.7. The molecule has 2 aliphatic heterocycles. The van der Waals surface area contributed by atoms with Crippen molar-refractivity contribution in [2.24, 2.45) is 5.41 Å². The number of piperidine rings is 1.